The number of phenols is 2. The number of aliphatic hydroxyl groups is 2. The molecule has 0 amide bonds. The van der Waals surface area contributed by atoms with Crippen molar-refractivity contribution in [2.45, 2.75) is 59.5 Å². The van der Waals surface area contributed by atoms with Gasteiger partial charge >= 0.3 is 0 Å². The Bertz CT molecular complexity index is 862. The summed E-state index contributed by atoms with van der Waals surface area (Å²) in [7, 11) is 0. The summed E-state index contributed by atoms with van der Waals surface area (Å²) in [6.45, 7) is 7.05. The van der Waals surface area contributed by atoms with Crippen molar-refractivity contribution < 1.29 is 30.0 Å². The molecule has 0 heterocycles. The number of allylic oxidation sites excluding steroid dienone is 1. The van der Waals surface area contributed by atoms with E-state index < -0.39 is 18.1 Å². The molecule has 0 bridgehead atoms. The Morgan fingerprint density at radius 1 is 1.30 bits per heavy atom. The maximum Gasteiger partial charge on any atom is 0.154 e. The van der Waals surface area contributed by atoms with Gasteiger partial charge in [0.05, 0.1) is 23.3 Å². The third kappa shape index (κ3) is 4.41. The molecule has 0 aromatic heterocycles. The highest BCUT2D eigenvalue weighted by Crippen LogP contribution is 2.47. The molecule has 1 aliphatic carbocycles. The van der Waals surface area contributed by atoms with Crippen molar-refractivity contribution in [3.05, 3.63) is 33.4 Å². The van der Waals surface area contributed by atoms with Crippen LogP contribution in [0.25, 0.3) is 0 Å². The van der Waals surface area contributed by atoms with E-state index in [9.17, 15) is 30.0 Å². The third-order valence-electron chi connectivity index (χ3n) is 7.12. The van der Waals surface area contributed by atoms with Crippen molar-refractivity contribution in [2.75, 3.05) is 6.61 Å². The monoisotopic (exact) mass is 438 g/mol. The Kier molecular flexibility index (Phi) is 7.72. The molecule has 7 heteroatoms. The maximum atomic E-state index is 12.2. The van der Waals surface area contributed by atoms with Crippen LogP contribution < -0.4 is 0 Å². The largest absolute Gasteiger partial charge is 0.507 e. The normalized spacial score (nSPS) is 26.0. The van der Waals surface area contributed by atoms with Gasteiger partial charge in [-0.2, -0.15) is 0 Å². The van der Waals surface area contributed by atoms with E-state index in [0.717, 1.165) is 6.42 Å². The van der Waals surface area contributed by atoms with Crippen molar-refractivity contribution >= 4 is 23.7 Å². The first-order valence-corrected chi connectivity index (χ1v) is 10.6. The molecule has 1 saturated carbocycles. The molecule has 0 saturated heterocycles. The highest BCUT2D eigenvalue weighted by Gasteiger charge is 2.44. The molecule has 0 spiro atoms. The van der Waals surface area contributed by atoms with Crippen molar-refractivity contribution in [2.24, 2.45) is 17.3 Å². The second kappa shape index (κ2) is 9.50. The summed E-state index contributed by atoms with van der Waals surface area (Å²) in [6, 6.07) is 0. The van der Waals surface area contributed by atoms with E-state index in [4.69, 9.17) is 11.6 Å². The van der Waals surface area contributed by atoms with E-state index in [-0.39, 0.29) is 57.3 Å². The first kappa shape index (κ1) is 24.4. The lowest BCUT2D eigenvalue weighted by atomic mass is 9.59. The number of phenolic OH excluding ortho intramolecular Hbond substituents is 2. The number of carbonyl (C=O) groups excluding carboxylic acids is 2. The molecular formula is C23H31ClO6. The van der Waals surface area contributed by atoms with Gasteiger partial charge in [-0.3, -0.25) is 9.59 Å². The SMILES string of the molecule is Cc1c(Cl)c(O)c(C/C=C(\CO)[C@H](O)C[C@]2(C)[C@@H](C)CCC(=O)[C@@H]2C)c(O)c1C=O. The number of aromatic hydroxyl groups is 2. The molecule has 166 valence electrons. The summed E-state index contributed by atoms with van der Waals surface area (Å²) in [5.41, 5.74) is 0.215. The lowest BCUT2D eigenvalue weighted by Gasteiger charge is -2.45. The highest BCUT2D eigenvalue weighted by molar-refractivity contribution is 6.33. The lowest BCUT2D eigenvalue weighted by molar-refractivity contribution is -0.133. The van der Waals surface area contributed by atoms with Crippen molar-refractivity contribution in [3.63, 3.8) is 0 Å². The summed E-state index contributed by atoms with van der Waals surface area (Å²) >= 11 is 6.07. The number of hydrogen-bond acceptors (Lipinski definition) is 6. The van der Waals surface area contributed by atoms with Crippen LogP contribution in [0.2, 0.25) is 5.02 Å². The van der Waals surface area contributed by atoms with Crippen LogP contribution in [0.15, 0.2) is 11.6 Å². The number of Topliss-reactive ketones (excluding diaryl/α,β-unsaturated/α-hetero) is 1. The van der Waals surface area contributed by atoms with Crippen LogP contribution in [0, 0.1) is 24.2 Å². The first-order chi connectivity index (χ1) is 14.0. The summed E-state index contributed by atoms with van der Waals surface area (Å²) < 4.78 is 0. The number of aliphatic hydroxyl groups excluding tert-OH is 2. The van der Waals surface area contributed by atoms with Gasteiger partial charge in [0, 0.05) is 17.9 Å². The molecule has 2 rings (SSSR count). The average Bonchev–Trinajstić information content (AvgIpc) is 2.71. The molecule has 0 aliphatic heterocycles. The van der Waals surface area contributed by atoms with E-state index in [2.05, 4.69) is 6.92 Å². The molecule has 0 radical (unpaired) electrons. The molecule has 6 nitrogen and oxygen atoms in total. The Morgan fingerprint density at radius 2 is 1.93 bits per heavy atom. The fourth-order valence-electron chi connectivity index (χ4n) is 4.38. The van der Waals surface area contributed by atoms with Gasteiger partial charge in [-0.15, -0.1) is 0 Å². The van der Waals surface area contributed by atoms with Gasteiger partial charge in [-0.1, -0.05) is 38.4 Å². The van der Waals surface area contributed by atoms with Gasteiger partial charge in [-0.25, -0.2) is 0 Å². The van der Waals surface area contributed by atoms with Crippen LogP contribution in [0.5, 0.6) is 11.5 Å². The van der Waals surface area contributed by atoms with Gasteiger partial charge in [0.2, 0.25) is 0 Å². The zero-order valence-electron chi connectivity index (χ0n) is 17.9. The topological polar surface area (TPSA) is 115 Å². The van der Waals surface area contributed by atoms with Crippen molar-refractivity contribution in [3.8, 4) is 11.5 Å². The van der Waals surface area contributed by atoms with E-state index in [1.54, 1.807) is 0 Å². The maximum absolute atomic E-state index is 12.2. The molecule has 30 heavy (non-hydrogen) atoms. The van der Waals surface area contributed by atoms with E-state index in [0.29, 0.717) is 24.7 Å². The Morgan fingerprint density at radius 3 is 2.50 bits per heavy atom. The minimum absolute atomic E-state index is 0.0109. The van der Waals surface area contributed by atoms with Crippen LogP contribution in [0.3, 0.4) is 0 Å². The van der Waals surface area contributed by atoms with Crippen molar-refractivity contribution in [1.82, 2.24) is 0 Å². The van der Waals surface area contributed by atoms with Gasteiger partial charge in [-0.05, 0) is 48.7 Å². The number of benzene rings is 1. The fourth-order valence-corrected chi connectivity index (χ4v) is 4.60. The standard InChI is InChI=1S/C23H31ClO6/c1-12-5-8-18(27)14(3)23(12,4)9-19(28)15(10-25)6-7-16-21(29)17(11-26)13(2)20(24)22(16)30/h6,11-12,14,19,25,28-30H,5,7-10H2,1-4H3/b15-6+/t12-,14-,19+,23+/m0/s1. The Labute approximate surface area is 182 Å². The number of hydrogen-bond donors (Lipinski definition) is 4. The van der Waals surface area contributed by atoms with Gasteiger partial charge in [0.15, 0.2) is 6.29 Å². The second-order valence-corrected chi connectivity index (χ2v) is 9.02. The average molecular weight is 439 g/mol. The predicted octanol–water partition coefficient (Wildman–Crippen LogP) is 3.73. The minimum atomic E-state index is -0.994. The van der Waals surface area contributed by atoms with E-state index >= 15 is 0 Å². The smallest absolute Gasteiger partial charge is 0.154 e. The molecular weight excluding hydrogens is 408 g/mol. The number of aldehydes is 1. The molecule has 4 N–H and O–H groups in total. The fraction of sp³-hybridized carbons (Fsp3) is 0.565. The van der Waals surface area contributed by atoms with Crippen LogP contribution in [-0.4, -0.2) is 45.2 Å². The zero-order chi connectivity index (χ0) is 22.8. The van der Waals surface area contributed by atoms with Gasteiger partial charge < -0.3 is 20.4 Å². The summed E-state index contributed by atoms with van der Waals surface area (Å²) in [6.07, 6.45) is 2.57. The number of carbonyl (C=O) groups is 2. The number of halogens is 1. The lowest BCUT2D eigenvalue weighted by Crippen LogP contribution is -2.44. The van der Waals surface area contributed by atoms with Gasteiger partial charge in [0.1, 0.15) is 17.3 Å². The first-order valence-electron chi connectivity index (χ1n) is 10.2. The number of ketones is 1. The van der Waals surface area contributed by atoms with Crippen LogP contribution in [-0.2, 0) is 11.2 Å². The van der Waals surface area contributed by atoms with E-state index in [1.165, 1.54) is 13.0 Å². The second-order valence-electron chi connectivity index (χ2n) is 8.64. The van der Waals surface area contributed by atoms with E-state index in [1.807, 2.05) is 13.8 Å². The molecule has 4 atom stereocenters. The number of rotatable bonds is 7. The van der Waals surface area contributed by atoms with Crippen molar-refractivity contribution in [1.29, 1.82) is 0 Å². The van der Waals surface area contributed by atoms with Crippen LogP contribution in [0.1, 0.15) is 61.5 Å². The quantitative estimate of drug-likeness (QED) is 0.381. The van der Waals surface area contributed by atoms with Gasteiger partial charge in [0.25, 0.3) is 0 Å². The summed E-state index contributed by atoms with van der Waals surface area (Å²) in [5.74, 6) is -0.497. The molecule has 1 aromatic rings. The third-order valence-corrected chi connectivity index (χ3v) is 7.58. The summed E-state index contributed by atoms with van der Waals surface area (Å²) in [5, 5.41) is 41.3. The minimum Gasteiger partial charge on any atom is -0.507 e. The molecule has 0 unspecified atom stereocenters. The summed E-state index contributed by atoms with van der Waals surface area (Å²) in [4.78, 5) is 23.5. The van der Waals surface area contributed by atoms with Crippen LogP contribution >= 0.6 is 11.6 Å². The Balaban J connectivity index is 2.31. The molecule has 1 aromatic carbocycles. The van der Waals surface area contributed by atoms with Crippen LogP contribution in [0.4, 0.5) is 0 Å². The molecule has 1 fully saturated rings. The Hall–Kier alpha value is -1.89. The zero-order valence-corrected chi connectivity index (χ0v) is 18.7. The predicted molar refractivity (Wildman–Crippen MR) is 115 cm³/mol. The molecule has 1 aliphatic rings. The highest BCUT2D eigenvalue weighted by atomic mass is 35.5.